The van der Waals surface area contributed by atoms with E-state index in [0.29, 0.717) is 22.9 Å². The fourth-order valence-electron chi connectivity index (χ4n) is 2.64. The molecule has 2 atom stereocenters. The summed E-state index contributed by atoms with van der Waals surface area (Å²) in [7, 11) is -3.11. The summed E-state index contributed by atoms with van der Waals surface area (Å²) in [5, 5.41) is 9.46. The van der Waals surface area contributed by atoms with Gasteiger partial charge in [0, 0.05) is 4.47 Å². The van der Waals surface area contributed by atoms with Crippen LogP contribution in [-0.2, 0) is 14.6 Å². The normalized spacial score (nSPS) is 23.7. The van der Waals surface area contributed by atoms with Gasteiger partial charge < -0.3 is 5.11 Å². The van der Waals surface area contributed by atoms with E-state index in [2.05, 4.69) is 15.9 Å². The zero-order valence-electron chi connectivity index (χ0n) is 10.3. The maximum absolute atomic E-state index is 11.7. The molecular weight excluding hydrogens is 332 g/mol. The number of benzene rings is 1. The van der Waals surface area contributed by atoms with E-state index >= 15 is 0 Å². The molecule has 1 aliphatic rings. The summed E-state index contributed by atoms with van der Waals surface area (Å²) < 4.78 is 24.1. The lowest BCUT2D eigenvalue weighted by Gasteiger charge is -2.28. The molecule has 0 amide bonds. The topological polar surface area (TPSA) is 71.4 Å². The average molecular weight is 347 g/mol. The molecule has 104 valence electrons. The van der Waals surface area contributed by atoms with Crippen LogP contribution in [0.1, 0.15) is 24.3 Å². The van der Waals surface area contributed by atoms with Crippen molar-refractivity contribution in [1.82, 2.24) is 0 Å². The van der Waals surface area contributed by atoms with Crippen LogP contribution in [0.4, 0.5) is 0 Å². The molecule has 1 aromatic carbocycles. The fourth-order valence-corrected chi connectivity index (χ4v) is 4.95. The summed E-state index contributed by atoms with van der Waals surface area (Å²) in [6.45, 7) is 0. The Hall–Kier alpha value is -0.880. The second-order valence-corrected chi connectivity index (χ2v) is 7.94. The molecule has 0 radical (unpaired) electrons. The van der Waals surface area contributed by atoms with E-state index in [1.165, 1.54) is 0 Å². The molecule has 0 aromatic heterocycles. The molecule has 1 aromatic rings. The van der Waals surface area contributed by atoms with Gasteiger partial charge in [-0.1, -0.05) is 34.1 Å². The van der Waals surface area contributed by atoms with Crippen molar-refractivity contribution in [2.75, 3.05) is 11.5 Å². The molecule has 2 unspecified atom stereocenters. The number of hydrogen-bond acceptors (Lipinski definition) is 3. The van der Waals surface area contributed by atoms with Crippen molar-refractivity contribution in [2.24, 2.45) is 5.92 Å². The first-order valence-corrected chi connectivity index (χ1v) is 8.70. The summed E-state index contributed by atoms with van der Waals surface area (Å²) in [6.07, 6.45) is 1.18. The lowest BCUT2D eigenvalue weighted by Crippen LogP contribution is -2.33. The van der Waals surface area contributed by atoms with Crippen LogP contribution in [0.3, 0.4) is 0 Å². The standard InChI is InChI=1S/C13H15BrO4S/c14-11-6-2-1-5-10(11)12(13(15)16)9-4-3-7-19(17,18)8-9/h1-2,5-6,9,12H,3-4,7-8H2,(H,15,16). The van der Waals surface area contributed by atoms with Gasteiger partial charge in [-0.25, -0.2) is 8.42 Å². The third kappa shape index (κ3) is 3.36. The van der Waals surface area contributed by atoms with E-state index in [1.54, 1.807) is 18.2 Å². The van der Waals surface area contributed by atoms with Crippen molar-refractivity contribution < 1.29 is 18.3 Å². The predicted octanol–water partition coefficient (Wildman–Crippen LogP) is 2.44. The fraction of sp³-hybridized carbons (Fsp3) is 0.462. The van der Waals surface area contributed by atoms with Crippen LogP contribution in [0, 0.1) is 5.92 Å². The zero-order chi connectivity index (χ0) is 14.0. The van der Waals surface area contributed by atoms with Gasteiger partial charge in [0.1, 0.15) is 0 Å². The van der Waals surface area contributed by atoms with E-state index in [1.807, 2.05) is 6.07 Å². The van der Waals surface area contributed by atoms with Gasteiger partial charge in [-0.15, -0.1) is 0 Å². The van der Waals surface area contributed by atoms with Gasteiger partial charge in [0.2, 0.25) is 0 Å². The molecule has 1 heterocycles. The number of carboxylic acids is 1. The number of carboxylic acid groups (broad SMARTS) is 1. The third-order valence-corrected chi connectivity index (χ3v) is 6.04. The summed E-state index contributed by atoms with van der Waals surface area (Å²) in [5.41, 5.74) is 0.650. The van der Waals surface area contributed by atoms with Gasteiger partial charge in [0.15, 0.2) is 9.84 Å². The van der Waals surface area contributed by atoms with Crippen LogP contribution in [-0.4, -0.2) is 31.0 Å². The van der Waals surface area contributed by atoms with Crippen molar-refractivity contribution >= 4 is 31.7 Å². The van der Waals surface area contributed by atoms with E-state index < -0.39 is 21.7 Å². The van der Waals surface area contributed by atoms with Gasteiger partial charge in [0.25, 0.3) is 0 Å². The first-order valence-electron chi connectivity index (χ1n) is 6.08. The Kier molecular flexibility index (Phi) is 4.30. The summed E-state index contributed by atoms with van der Waals surface area (Å²) in [4.78, 5) is 11.5. The highest BCUT2D eigenvalue weighted by Crippen LogP contribution is 2.36. The lowest BCUT2D eigenvalue weighted by atomic mass is 9.84. The van der Waals surface area contributed by atoms with Gasteiger partial charge in [-0.3, -0.25) is 4.79 Å². The molecule has 19 heavy (non-hydrogen) atoms. The lowest BCUT2D eigenvalue weighted by molar-refractivity contribution is -0.140. The second kappa shape index (κ2) is 5.63. The van der Waals surface area contributed by atoms with Crippen LogP contribution >= 0.6 is 15.9 Å². The molecule has 6 heteroatoms. The number of carbonyl (C=O) groups is 1. The average Bonchev–Trinajstić information content (AvgIpc) is 2.30. The maximum Gasteiger partial charge on any atom is 0.311 e. The minimum atomic E-state index is -3.11. The molecule has 2 rings (SSSR count). The van der Waals surface area contributed by atoms with Crippen molar-refractivity contribution in [2.45, 2.75) is 18.8 Å². The van der Waals surface area contributed by atoms with Crippen LogP contribution in [0.15, 0.2) is 28.7 Å². The van der Waals surface area contributed by atoms with Crippen molar-refractivity contribution in [3.8, 4) is 0 Å². The maximum atomic E-state index is 11.7. The largest absolute Gasteiger partial charge is 0.481 e. The van der Waals surface area contributed by atoms with Crippen molar-refractivity contribution in [3.05, 3.63) is 34.3 Å². The molecule has 1 aliphatic heterocycles. The number of halogens is 1. The molecule has 0 spiro atoms. The number of aliphatic carboxylic acids is 1. The molecule has 0 aliphatic carbocycles. The second-order valence-electron chi connectivity index (χ2n) is 4.85. The van der Waals surface area contributed by atoms with Crippen LogP contribution < -0.4 is 0 Å². The summed E-state index contributed by atoms with van der Waals surface area (Å²) >= 11 is 3.35. The molecule has 0 bridgehead atoms. The van der Waals surface area contributed by atoms with Gasteiger partial charge in [-0.05, 0) is 30.4 Å². The van der Waals surface area contributed by atoms with Gasteiger partial charge >= 0.3 is 5.97 Å². The van der Waals surface area contributed by atoms with E-state index in [-0.39, 0.29) is 17.4 Å². The molecule has 4 nitrogen and oxygen atoms in total. The van der Waals surface area contributed by atoms with Crippen LogP contribution in [0.5, 0.6) is 0 Å². The van der Waals surface area contributed by atoms with Crippen LogP contribution in [0.25, 0.3) is 0 Å². The van der Waals surface area contributed by atoms with Gasteiger partial charge in [-0.2, -0.15) is 0 Å². The SMILES string of the molecule is O=C(O)C(c1ccccc1Br)C1CCCS(=O)(=O)C1. The third-order valence-electron chi connectivity index (χ3n) is 3.48. The first-order chi connectivity index (χ1) is 8.91. The Morgan fingerprint density at radius 3 is 2.63 bits per heavy atom. The Morgan fingerprint density at radius 2 is 2.05 bits per heavy atom. The molecule has 1 fully saturated rings. The minimum absolute atomic E-state index is 0.0364. The first kappa shape index (κ1) is 14.5. The number of rotatable bonds is 3. The van der Waals surface area contributed by atoms with Crippen molar-refractivity contribution in [3.63, 3.8) is 0 Å². The smallest absolute Gasteiger partial charge is 0.311 e. The summed E-state index contributed by atoms with van der Waals surface area (Å²) in [5.74, 6) is -1.95. The number of sulfone groups is 1. The highest BCUT2D eigenvalue weighted by Gasteiger charge is 2.36. The van der Waals surface area contributed by atoms with Crippen molar-refractivity contribution in [1.29, 1.82) is 0 Å². The van der Waals surface area contributed by atoms with E-state index in [4.69, 9.17) is 0 Å². The monoisotopic (exact) mass is 346 g/mol. The Morgan fingerprint density at radius 1 is 1.37 bits per heavy atom. The van der Waals surface area contributed by atoms with E-state index in [9.17, 15) is 18.3 Å². The summed E-state index contributed by atoms with van der Waals surface area (Å²) in [6, 6.07) is 7.10. The minimum Gasteiger partial charge on any atom is -0.481 e. The Balaban J connectivity index is 2.36. The highest BCUT2D eigenvalue weighted by atomic mass is 79.9. The highest BCUT2D eigenvalue weighted by molar-refractivity contribution is 9.10. The Bertz CT molecular complexity index is 582. The Labute approximate surface area is 120 Å². The van der Waals surface area contributed by atoms with Gasteiger partial charge in [0.05, 0.1) is 17.4 Å². The molecule has 1 saturated heterocycles. The van der Waals surface area contributed by atoms with Crippen LogP contribution in [0.2, 0.25) is 0 Å². The molecule has 0 saturated carbocycles. The predicted molar refractivity (Wildman–Crippen MR) is 75.9 cm³/mol. The van der Waals surface area contributed by atoms with E-state index in [0.717, 1.165) is 0 Å². The number of hydrogen-bond donors (Lipinski definition) is 1. The molecular formula is C13H15BrO4S. The molecule has 1 N–H and O–H groups in total. The zero-order valence-corrected chi connectivity index (χ0v) is 12.7. The quantitative estimate of drug-likeness (QED) is 0.912.